The molecule has 1 aromatic rings. The quantitative estimate of drug-likeness (QED) is 0.630. The van der Waals surface area contributed by atoms with Crippen LogP contribution in [-0.4, -0.2) is 23.6 Å². The molecular weight excluding hydrogens is 206 g/mol. The molecule has 0 bridgehead atoms. The van der Waals surface area contributed by atoms with E-state index in [1.165, 1.54) is 0 Å². The van der Waals surface area contributed by atoms with Gasteiger partial charge in [0, 0.05) is 11.6 Å². The van der Waals surface area contributed by atoms with Crippen LogP contribution in [0.3, 0.4) is 0 Å². The summed E-state index contributed by atoms with van der Waals surface area (Å²) >= 11 is 0. The van der Waals surface area contributed by atoms with Gasteiger partial charge < -0.3 is 14.7 Å². The zero-order valence-electron chi connectivity index (χ0n) is 9.43. The summed E-state index contributed by atoms with van der Waals surface area (Å²) in [6.45, 7) is 4.42. The Bertz CT molecular complexity index is 415. The standard InChI is InChI=1S/C12H15NO3/c1-3-8(2)16-9-4-5-10-11(13-14)7-15-12(10)6-9/h4-6,8,14H,3,7H2,1-2H3. The van der Waals surface area contributed by atoms with Gasteiger partial charge in [-0.3, -0.25) is 0 Å². The lowest BCUT2D eigenvalue weighted by atomic mass is 10.1. The van der Waals surface area contributed by atoms with Gasteiger partial charge in [0.25, 0.3) is 0 Å². The summed E-state index contributed by atoms with van der Waals surface area (Å²) in [5.41, 5.74) is 1.39. The van der Waals surface area contributed by atoms with Crippen molar-refractivity contribution in [2.75, 3.05) is 6.61 Å². The third-order valence-electron chi connectivity index (χ3n) is 2.66. The molecule has 1 heterocycles. The molecule has 16 heavy (non-hydrogen) atoms. The van der Waals surface area contributed by atoms with Crippen LogP contribution in [-0.2, 0) is 0 Å². The number of rotatable bonds is 3. The molecule has 1 aromatic carbocycles. The second-order valence-electron chi connectivity index (χ2n) is 3.83. The molecule has 0 radical (unpaired) electrons. The normalized spacial score (nSPS) is 18.0. The van der Waals surface area contributed by atoms with Crippen LogP contribution in [0.5, 0.6) is 11.5 Å². The Labute approximate surface area is 94.5 Å². The van der Waals surface area contributed by atoms with Crippen LogP contribution in [0.15, 0.2) is 23.4 Å². The molecule has 0 saturated heterocycles. The Morgan fingerprint density at radius 3 is 3.06 bits per heavy atom. The van der Waals surface area contributed by atoms with Crippen molar-refractivity contribution >= 4 is 5.71 Å². The van der Waals surface area contributed by atoms with Crippen molar-refractivity contribution in [2.24, 2.45) is 5.16 Å². The molecule has 0 saturated carbocycles. The van der Waals surface area contributed by atoms with Crippen molar-refractivity contribution in [3.05, 3.63) is 23.8 Å². The molecule has 0 aliphatic carbocycles. The van der Waals surface area contributed by atoms with E-state index in [2.05, 4.69) is 12.1 Å². The molecule has 1 aliphatic rings. The zero-order valence-corrected chi connectivity index (χ0v) is 9.43. The summed E-state index contributed by atoms with van der Waals surface area (Å²) in [6, 6.07) is 5.56. The molecule has 1 atom stereocenters. The first-order valence-corrected chi connectivity index (χ1v) is 5.39. The second-order valence-corrected chi connectivity index (χ2v) is 3.83. The number of oxime groups is 1. The van der Waals surface area contributed by atoms with Gasteiger partial charge in [-0.15, -0.1) is 0 Å². The fourth-order valence-electron chi connectivity index (χ4n) is 1.56. The second kappa shape index (κ2) is 4.43. The fourth-order valence-corrected chi connectivity index (χ4v) is 1.56. The number of ether oxygens (including phenoxy) is 2. The summed E-state index contributed by atoms with van der Waals surface area (Å²) in [6.07, 6.45) is 1.15. The molecule has 2 rings (SSSR count). The first kappa shape index (κ1) is 10.8. The van der Waals surface area contributed by atoms with E-state index in [4.69, 9.17) is 14.7 Å². The van der Waals surface area contributed by atoms with Gasteiger partial charge in [0.15, 0.2) is 0 Å². The van der Waals surface area contributed by atoms with E-state index in [0.29, 0.717) is 18.1 Å². The molecule has 86 valence electrons. The molecule has 0 aromatic heterocycles. The average molecular weight is 221 g/mol. The van der Waals surface area contributed by atoms with Crippen molar-refractivity contribution in [3.63, 3.8) is 0 Å². The molecule has 4 nitrogen and oxygen atoms in total. The highest BCUT2D eigenvalue weighted by Gasteiger charge is 2.20. The largest absolute Gasteiger partial charge is 0.491 e. The molecular formula is C12H15NO3. The van der Waals surface area contributed by atoms with E-state index < -0.39 is 0 Å². The smallest absolute Gasteiger partial charge is 0.134 e. The van der Waals surface area contributed by atoms with Gasteiger partial charge >= 0.3 is 0 Å². The summed E-state index contributed by atoms with van der Waals surface area (Å²) in [5.74, 6) is 1.50. The van der Waals surface area contributed by atoms with E-state index >= 15 is 0 Å². The van der Waals surface area contributed by atoms with Crippen molar-refractivity contribution in [1.29, 1.82) is 0 Å². The molecule has 1 N–H and O–H groups in total. The lowest BCUT2D eigenvalue weighted by molar-refractivity contribution is 0.216. The Kier molecular flexibility index (Phi) is 2.99. The minimum Gasteiger partial charge on any atom is -0.491 e. The topological polar surface area (TPSA) is 51.0 Å². The van der Waals surface area contributed by atoms with Crippen LogP contribution >= 0.6 is 0 Å². The van der Waals surface area contributed by atoms with Crippen molar-refractivity contribution in [3.8, 4) is 11.5 Å². The van der Waals surface area contributed by atoms with E-state index in [0.717, 1.165) is 17.7 Å². The minimum absolute atomic E-state index is 0.186. The van der Waals surface area contributed by atoms with Gasteiger partial charge in [-0.1, -0.05) is 12.1 Å². The summed E-state index contributed by atoms with van der Waals surface area (Å²) in [5, 5.41) is 11.9. The lowest BCUT2D eigenvalue weighted by Crippen LogP contribution is -2.09. The van der Waals surface area contributed by atoms with Gasteiger partial charge in [-0.05, 0) is 25.5 Å². The predicted molar refractivity (Wildman–Crippen MR) is 60.6 cm³/mol. The maximum atomic E-state index is 8.74. The summed E-state index contributed by atoms with van der Waals surface area (Å²) in [4.78, 5) is 0. The number of hydrogen-bond donors (Lipinski definition) is 1. The Hall–Kier alpha value is -1.71. The lowest BCUT2D eigenvalue weighted by Gasteiger charge is -2.12. The monoisotopic (exact) mass is 221 g/mol. The highest BCUT2D eigenvalue weighted by Crippen LogP contribution is 2.30. The highest BCUT2D eigenvalue weighted by molar-refractivity contribution is 6.05. The van der Waals surface area contributed by atoms with Crippen LogP contribution in [0, 0.1) is 0 Å². The molecule has 1 unspecified atom stereocenters. The molecule has 1 aliphatic heterocycles. The van der Waals surface area contributed by atoms with Crippen LogP contribution in [0.2, 0.25) is 0 Å². The third kappa shape index (κ3) is 1.96. The summed E-state index contributed by atoms with van der Waals surface area (Å²) < 4.78 is 11.1. The Morgan fingerprint density at radius 2 is 2.38 bits per heavy atom. The molecule has 0 amide bonds. The van der Waals surface area contributed by atoms with Crippen LogP contribution in [0.4, 0.5) is 0 Å². The fraction of sp³-hybridized carbons (Fsp3) is 0.417. The first-order chi connectivity index (χ1) is 7.74. The van der Waals surface area contributed by atoms with E-state index in [1.54, 1.807) is 0 Å². The van der Waals surface area contributed by atoms with Crippen LogP contribution in [0.25, 0.3) is 0 Å². The van der Waals surface area contributed by atoms with Gasteiger partial charge in [0.05, 0.1) is 6.10 Å². The van der Waals surface area contributed by atoms with E-state index in [9.17, 15) is 0 Å². The van der Waals surface area contributed by atoms with Crippen molar-refractivity contribution in [1.82, 2.24) is 0 Å². The van der Waals surface area contributed by atoms with Crippen molar-refractivity contribution < 1.29 is 14.7 Å². The SMILES string of the molecule is CCC(C)Oc1ccc2c(c1)OCC2=NO. The molecule has 4 heteroatoms. The van der Waals surface area contributed by atoms with Gasteiger partial charge in [-0.25, -0.2) is 0 Å². The van der Waals surface area contributed by atoms with Crippen molar-refractivity contribution in [2.45, 2.75) is 26.4 Å². The molecule has 0 fully saturated rings. The summed E-state index contributed by atoms with van der Waals surface area (Å²) in [7, 11) is 0. The first-order valence-electron chi connectivity index (χ1n) is 5.39. The number of benzene rings is 1. The highest BCUT2D eigenvalue weighted by atomic mass is 16.5. The van der Waals surface area contributed by atoms with Gasteiger partial charge in [0.1, 0.15) is 23.8 Å². The predicted octanol–water partition coefficient (Wildman–Crippen LogP) is 2.43. The van der Waals surface area contributed by atoms with Crippen LogP contribution in [0.1, 0.15) is 25.8 Å². The Morgan fingerprint density at radius 1 is 1.56 bits per heavy atom. The van der Waals surface area contributed by atoms with E-state index in [1.807, 2.05) is 25.1 Å². The molecule has 0 spiro atoms. The van der Waals surface area contributed by atoms with Gasteiger partial charge in [0.2, 0.25) is 0 Å². The average Bonchev–Trinajstić information content (AvgIpc) is 2.71. The van der Waals surface area contributed by atoms with E-state index in [-0.39, 0.29) is 6.10 Å². The Balaban J connectivity index is 2.21. The number of nitrogens with zero attached hydrogens (tertiary/aromatic N) is 1. The minimum atomic E-state index is 0.186. The van der Waals surface area contributed by atoms with Crippen LogP contribution < -0.4 is 9.47 Å². The zero-order chi connectivity index (χ0) is 11.5. The third-order valence-corrected chi connectivity index (χ3v) is 2.66. The number of hydrogen-bond acceptors (Lipinski definition) is 4. The maximum absolute atomic E-state index is 8.74. The van der Waals surface area contributed by atoms with Gasteiger partial charge in [-0.2, -0.15) is 0 Å². The maximum Gasteiger partial charge on any atom is 0.134 e. The number of fused-ring (bicyclic) bond motifs is 1.